The number of halogens is 2. The van der Waals surface area contributed by atoms with E-state index in [-0.39, 0.29) is 11.9 Å². The summed E-state index contributed by atoms with van der Waals surface area (Å²) in [5.41, 5.74) is 0.358. The van der Waals surface area contributed by atoms with Crippen LogP contribution in [0.5, 0.6) is 5.75 Å². The van der Waals surface area contributed by atoms with Crippen molar-refractivity contribution in [2.75, 3.05) is 12.4 Å². The molecule has 0 aliphatic carbocycles. The lowest BCUT2D eigenvalue weighted by Crippen LogP contribution is -2.14. The molecule has 0 fully saturated rings. The summed E-state index contributed by atoms with van der Waals surface area (Å²) < 4.78 is 6.62. The lowest BCUT2D eigenvalue weighted by Gasteiger charge is -2.10. The molecular weight excluding hydrogens is 382 g/mol. The minimum Gasteiger partial charge on any atom is -0.495 e. The topological polar surface area (TPSA) is 81.9 Å². The summed E-state index contributed by atoms with van der Waals surface area (Å²) >= 11 is 6.65. The molecular formula is C10H9Br2N5O2. The number of aryl methyl sites for hydroxylation is 1. The van der Waals surface area contributed by atoms with E-state index >= 15 is 0 Å². The molecule has 0 radical (unpaired) electrons. The number of ether oxygens (including phenoxy) is 1. The first-order chi connectivity index (χ1) is 9.01. The predicted molar refractivity (Wildman–Crippen MR) is 75.1 cm³/mol. The van der Waals surface area contributed by atoms with Gasteiger partial charge in [0.25, 0.3) is 11.9 Å². The second-order valence-electron chi connectivity index (χ2n) is 3.53. The van der Waals surface area contributed by atoms with E-state index in [4.69, 9.17) is 4.74 Å². The smallest absolute Gasteiger partial charge is 0.270 e. The molecule has 0 saturated carbocycles. The van der Waals surface area contributed by atoms with E-state index in [9.17, 15) is 4.79 Å². The summed E-state index contributed by atoms with van der Waals surface area (Å²) in [6.07, 6.45) is 0. The monoisotopic (exact) mass is 389 g/mol. The van der Waals surface area contributed by atoms with Crippen molar-refractivity contribution in [1.82, 2.24) is 20.2 Å². The Labute approximate surface area is 125 Å². The van der Waals surface area contributed by atoms with E-state index in [1.54, 1.807) is 19.2 Å². The molecule has 0 aliphatic rings. The summed E-state index contributed by atoms with van der Waals surface area (Å²) in [4.78, 5) is 13.4. The number of hydrogen-bond donors (Lipinski definition) is 1. The number of anilines is 1. The fourth-order valence-electron chi connectivity index (χ4n) is 1.44. The van der Waals surface area contributed by atoms with Crippen molar-refractivity contribution < 1.29 is 9.53 Å². The minimum absolute atomic E-state index is 0.130. The highest BCUT2D eigenvalue weighted by Gasteiger charge is 2.17. The van der Waals surface area contributed by atoms with Crippen LogP contribution in [0.3, 0.4) is 0 Å². The van der Waals surface area contributed by atoms with E-state index < -0.39 is 0 Å². The lowest BCUT2D eigenvalue weighted by atomic mass is 10.2. The van der Waals surface area contributed by atoms with E-state index in [0.717, 1.165) is 4.47 Å². The number of hydrogen-bond acceptors (Lipinski definition) is 5. The second-order valence-corrected chi connectivity index (χ2v) is 5.30. The third-order valence-corrected chi connectivity index (χ3v) is 3.24. The van der Waals surface area contributed by atoms with Crippen molar-refractivity contribution >= 4 is 43.7 Å². The molecule has 7 nitrogen and oxygen atoms in total. The average molecular weight is 391 g/mol. The zero-order chi connectivity index (χ0) is 14.0. The normalized spacial score (nSPS) is 10.3. The Hall–Kier alpha value is -1.48. The van der Waals surface area contributed by atoms with Crippen molar-refractivity contribution in [2.24, 2.45) is 7.05 Å². The van der Waals surface area contributed by atoms with Crippen LogP contribution in [0.15, 0.2) is 21.1 Å². The number of benzene rings is 1. The maximum absolute atomic E-state index is 12.2. The summed E-state index contributed by atoms with van der Waals surface area (Å²) in [6.45, 7) is 0. The number of rotatable bonds is 3. The Bertz CT molecular complexity index is 628. The summed E-state index contributed by atoms with van der Waals surface area (Å²) in [6, 6.07) is 3.44. The Morgan fingerprint density at radius 1 is 1.42 bits per heavy atom. The molecule has 1 amide bonds. The molecule has 1 aromatic carbocycles. The number of tetrazole rings is 1. The van der Waals surface area contributed by atoms with Crippen LogP contribution < -0.4 is 10.1 Å². The third-order valence-electron chi connectivity index (χ3n) is 2.19. The highest BCUT2D eigenvalue weighted by molar-refractivity contribution is 9.11. The predicted octanol–water partition coefficient (Wildman–Crippen LogP) is 2.00. The number of methoxy groups -OCH3 is 1. The first-order valence-corrected chi connectivity index (χ1v) is 6.68. The van der Waals surface area contributed by atoms with Gasteiger partial charge in [-0.15, -0.1) is 5.10 Å². The Morgan fingerprint density at radius 2 is 2.16 bits per heavy atom. The summed E-state index contributed by atoms with van der Waals surface area (Å²) in [5, 5.41) is 13.7. The van der Waals surface area contributed by atoms with E-state index in [1.807, 2.05) is 0 Å². The van der Waals surface area contributed by atoms with Crippen LogP contribution in [0.1, 0.15) is 10.4 Å². The van der Waals surface area contributed by atoms with Crippen LogP contribution in [0, 0.1) is 0 Å². The van der Waals surface area contributed by atoms with Gasteiger partial charge in [-0.05, 0) is 33.3 Å². The van der Waals surface area contributed by atoms with Gasteiger partial charge in [-0.25, -0.2) is 0 Å². The molecule has 0 aliphatic heterocycles. The number of nitrogens with one attached hydrogen (secondary N) is 1. The van der Waals surface area contributed by atoms with Gasteiger partial charge in [0.2, 0.25) is 0 Å². The molecule has 1 heterocycles. The van der Waals surface area contributed by atoms with Crippen molar-refractivity contribution in [3.63, 3.8) is 0 Å². The largest absolute Gasteiger partial charge is 0.495 e. The van der Waals surface area contributed by atoms with Gasteiger partial charge in [0.15, 0.2) is 0 Å². The maximum Gasteiger partial charge on any atom is 0.270 e. The van der Waals surface area contributed by atoms with Gasteiger partial charge >= 0.3 is 0 Å². The van der Waals surface area contributed by atoms with Crippen LogP contribution in [-0.2, 0) is 7.05 Å². The van der Waals surface area contributed by atoms with Gasteiger partial charge in [0, 0.05) is 4.47 Å². The first-order valence-electron chi connectivity index (χ1n) is 5.09. The molecule has 2 aromatic rings. The standard InChI is InChI=1S/C10H9Br2N5O2/c1-17-15-10(14-16-17)13-9(18)6-3-5(11)4-7(12)8(6)19-2/h3-4H,1-2H3,(H,13,15,18). The summed E-state index contributed by atoms with van der Waals surface area (Å²) in [5.74, 6) is 0.182. The number of amides is 1. The first kappa shape index (κ1) is 13.9. The molecule has 2 rings (SSSR count). The zero-order valence-electron chi connectivity index (χ0n) is 10.0. The minimum atomic E-state index is -0.383. The van der Waals surface area contributed by atoms with E-state index in [0.29, 0.717) is 15.8 Å². The lowest BCUT2D eigenvalue weighted by molar-refractivity contribution is 0.102. The Kier molecular flexibility index (Phi) is 4.15. The second kappa shape index (κ2) is 5.66. The van der Waals surface area contributed by atoms with Gasteiger partial charge in [0.05, 0.1) is 24.2 Å². The zero-order valence-corrected chi connectivity index (χ0v) is 13.2. The fraction of sp³-hybridized carbons (Fsp3) is 0.200. The van der Waals surface area contributed by atoms with Gasteiger partial charge in [-0.2, -0.15) is 4.80 Å². The molecule has 1 N–H and O–H groups in total. The van der Waals surface area contributed by atoms with Gasteiger partial charge in [0.1, 0.15) is 5.75 Å². The van der Waals surface area contributed by atoms with Crippen LogP contribution in [0.2, 0.25) is 0 Å². The number of carbonyl (C=O) groups excluding carboxylic acids is 1. The van der Waals surface area contributed by atoms with Gasteiger partial charge in [-0.1, -0.05) is 21.0 Å². The van der Waals surface area contributed by atoms with Gasteiger partial charge < -0.3 is 4.74 Å². The Morgan fingerprint density at radius 3 is 2.74 bits per heavy atom. The van der Waals surface area contributed by atoms with Gasteiger partial charge in [-0.3, -0.25) is 10.1 Å². The van der Waals surface area contributed by atoms with Crippen LogP contribution >= 0.6 is 31.9 Å². The number of carbonyl (C=O) groups is 1. The highest BCUT2D eigenvalue weighted by Crippen LogP contribution is 2.32. The molecule has 0 unspecified atom stereocenters. The number of aromatic nitrogens is 4. The number of nitrogens with zero attached hydrogens (tertiary/aromatic N) is 4. The molecule has 19 heavy (non-hydrogen) atoms. The summed E-state index contributed by atoms with van der Waals surface area (Å²) in [7, 11) is 3.10. The quantitative estimate of drug-likeness (QED) is 0.866. The van der Waals surface area contributed by atoms with Crippen molar-refractivity contribution in [3.05, 3.63) is 26.6 Å². The third kappa shape index (κ3) is 3.10. The van der Waals surface area contributed by atoms with Crippen LogP contribution in [-0.4, -0.2) is 33.2 Å². The van der Waals surface area contributed by atoms with Crippen molar-refractivity contribution in [3.8, 4) is 5.75 Å². The molecule has 9 heteroatoms. The highest BCUT2D eigenvalue weighted by atomic mass is 79.9. The van der Waals surface area contributed by atoms with Crippen molar-refractivity contribution in [1.29, 1.82) is 0 Å². The van der Waals surface area contributed by atoms with Crippen LogP contribution in [0.4, 0.5) is 5.95 Å². The average Bonchev–Trinajstić information content (AvgIpc) is 2.73. The van der Waals surface area contributed by atoms with E-state index in [2.05, 4.69) is 52.6 Å². The molecule has 1 aromatic heterocycles. The molecule has 0 spiro atoms. The molecule has 100 valence electrons. The SMILES string of the molecule is COc1c(Br)cc(Br)cc1C(=O)Nc1nnn(C)n1. The fourth-order valence-corrected chi connectivity index (χ4v) is 2.83. The maximum atomic E-state index is 12.2. The van der Waals surface area contributed by atoms with Crippen molar-refractivity contribution in [2.45, 2.75) is 0 Å². The van der Waals surface area contributed by atoms with Crippen LogP contribution in [0.25, 0.3) is 0 Å². The molecule has 0 bridgehead atoms. The molecule has 0 atom stereocenters. The Balaban J connectivity index is 2.33. The van der Waals surface area contributed by atoms with E-state index in [1.165, 1.54) is 11.9 Å². The molecule has 0 saturated heterocycles.